The second-order valence-electron chi connectivity index (χ2n) is 15.1. The fourth-order valence-corrected chi connectivity index (χ4v) is 6.54. The minimum Gasteiger partial charge on any atom is -0.478 e. The highest BCUT2D eigenvalue weighted by atomic mass is 16.5. The Morgan fingerprint density at radius 2 is 0.404 bits per heavy atom. The van der Waals surface area contributed by atoms with Crippen molar-refractivity contribution in [3.8, 4) is 0 Å². The molecule has 0 bridgehead atoms. The van der Waals surface area contributed by atoms with E-state index in [1.54, 1.807) is 0 Å². The monoisotopic (exact) mass is 745 g/mol. The molecule has 52 heavy (non-hydrogen) atoms. The Hall–Kier alpha value is -1.82. The van der Waals surface area contributed by atoms with Crippen molar-refractivity contribution in [3.63, 3.8) is 0 Å². The highest BCUT2D eigenvalue weighted by molar-refractivity contribution is 5.79. The summed E-state index contributed by atoms with van der Waals surface area (Å²) in [6.45, 7) is 5.92. The van der Waals surface area contributed by atoms with Crippen molar-refractivity contribution in [2.75, 3.05) is 0 Å². The molecule has 10 nitrogen and oxygen atoms in total. The van der Waals surface area contributed by atoms with Crippen molar-refractivity contribution >= 4 is 11.9 Å². The summed E-state index contributed by atoms with van der Waals surface area (Å²) in [5.41, 5.74) is 0. The third-order valence-corrected chi connectivity index (χ3v) is 9.81. The van der Waals surface area contributed by atoms with Crippen LogP contribution in [0.1, 0.15) is 212 Å². The fraction of sp³-hybridized carbons (Fsp3) is 0.857. The molecule has 0 saturated heterocycles. The lowest BCUT2D eigenvalue weighted by molar-refractivity contribution is -0.172. The van der Waals surface area contributed by atoms with Crippen molar-refractivity contribution in [2.45, 2.75) is 229 Å². The van der Waals surface area contributed by atoms with Crippen LogP contribution < -0.4 is 0 Å². The molecular formula is C42H80O10. The van der Waals surface area contributed by atoms with Gasteiger partial charge in [-0.25, -0.2) is 9.59 Å². The second-order valence-corrected chi connectivity index (χ2v) is 15.1. The zero-order valence-electron chi connectivity index (χ0n) is 32.8. The Morgan fingerprint density at radius 3 is 0.500 bits per heavy atom. The summed E-state index contributed by atoms with van der Waals surface area (Å²) >= 11 is 0. The molecule has 0 aliphatic heterocycles. The van der Waals surface area contributed by atoms with Gasteiger partial charge in [-0.1, -0.05) is 148 Å². The van der Waals surface area contributed by atoms with Crippen molar-refractivity contribution in [3.05, 3.63) is 25.3 Å². The number of hydrogen-bond donors (Lipinski definition) is 8. The highest BCUT2D eigenvalue weighted by Crippen LogP contribution is 2.24. The van der Waals surface area contributed by atoms with Crippen LogP contribution in [0.3, 0.4) is 0 Å². The normalized spacial score (nSPS) is 22.3. The van der Waals surface area contributed by atoms with Crippen LogP contribution in [-0.4, -0.2) is 70.2 Å². The Labute approximate surface area is 316 Å². The summed E-state index contributed by atoms with van der Waals surface area (Å²) in [5.74, 6) is -6.09. The molecule has 3 aliphatic rings. The van der Waals surface area contributed by atoms with Gasteiger partial charge in [-0.2, -0.15) is 0 Å². The van der Waals surface area contributed by atoms with Gasteiger partial charge in [-0.15, -0.1) is 0 Å². The summed E-state index contributed by atoms with van der Waals surface area (Å²) in [7, 11) is 0. The van der Waals surface area contributed by atoms with Crippen LogP contribution >= 0.6 is 0 Å². The van der Waals surface area contributed by atoms with Crippen molar-refractivity contribution < 1.29 is 50.4 Å². The molecule has 0 aromatic carbocycles. The lowest BCUT2D eigenvalue weighted by atomic mass is 9.97. The van der Waals surface area contributed by atoms with Gasteiger partial charge in [0.1, 0.15) is 0 Å². The molecule has 0 aromatic heterocycles. The number of aliphatic hydroxyl groups is 6. The molecular weight excluding hydrogens is 664 g/mol. The highest BCUT2D eigenvalue weighted by Gasteiger charge is 2.23. The van der Waals surface area contributed by atoms with E-state index in [4.69, 9.17) is 10.2 Å². The van der Waals surface area contributed by atoms with Crippen LogP contribution in [-0.2, 0) is 9.59 Å². The molecule has 0 radical (unpaired) electrons. The maximum Gasteiger partial charge on any atom is 0.327 e. The summed E-state index contributed by atoms with van der Waals surface area (Å²) < 4.78 is 0. The van der Waals surface area contributed by atoms with Gasteiger partial charge >= 0.3 is 11.9 Å². The summed E-state index contributed by atoms with van der Waals surface area (Å²) in [6, 6.07) is 0. The molecule has 3 saturated carbocycles. The van der Waals surface area contributed by atoms with E-state index < -0.39 is 29.3 Å². The van der Waals surface area contributed by atoms with Crippen LogP contribution in [0.2, 0.25) is 0 Å². The van der Waals surface area contributed by atoms with E-state index in [-0.39, 0.29) is 0 Å². The Bertz CT molecular complexity index is 715. The third-order valence-electron chi connectivity index (χ3n) is 9.81. The fourth-order valence-electron chi connectivity index (χ4n) is 6.54. The molecule has 3 fully saturated rings. The van der Waals surface area contributed by atoms with Crippen LogP contribution in [0.15, 0.2) is 25.3 Å². The quantitative estimate of drug-likeness (QED) is 0.0996. The zero-order chi connectivity index (χ0) is 39.4. The van der Waals surface area contributed by atoms with Crippen molar-refractivity contribution in [1.29, 1.82) is 0 Å². The minimum absolute atomic E-state index is 0.562. The number of aliphatic carboxylic acids is 2. The Kier molecular flexibility index (Phi) is 35.1. The topological polar surface area (TPSA) is 196 Å². The lowest BCUT2D eigenvalue weighted by Gasteiger charge is -2.22. The molecule has 0 atom stereocenters. The van der Waals surface area contributed by atoms with Gasteiger partial charge in [-0.05, 0) is 38.5 Å². The van der Waals surface area contributed by atoms with E-state index in [0.29, 0.717) is 38.5 Å². The predicted octanol–water partition coefficient (Wildman–Crippen LogP) is 9.43. The standard InChI is InChI=1S/3C12H24O2.2C3H4O2/c3*13-12(14)10-8-6-4-2-1-3-5-7-9-11-12;2*1-2-3(4)5/h3*13-14H,1-11H2;2*2H,1H2,(H,4,5). The summed E-state index contributed by atoms with van der Waals surface area (Å²) in [4.78, 5) is 18.5. The Balaban J connectivity index is 0. The molecule has 10 heteroatoms. The molecule has 0 heterocycles. The molecule has 0 aromatic rings. The van der Waals surface area contributed by atoms with Gasteiger partial charge in [0.25, 0.3) is 0 Å². The van der Waals surface area contributed by atoms with Gasteiger partial charge in [0.05, 0.1) is 0 Å². The number of rotatable bonds is 2. The number of carboxylic acids is 2. The first kappa shape index (κ1) is 52.3. The van der Waals surface area contributed by atoms with E-state index in [9.17, 15) is 40.2 Å². The maximum absolute atomic E-state index is 9.61. The van der Waals surface area contributed by atoms with Crippen molar-refractivity contribution in [1.82, 2.24) is 0 Å². The SMILES string of the molecule is C=CC(=O)O.C=CC(=O)O.OC1(O)CCCCCCCCCCC1.OC1(O)CCCCCCCCCCC1.OC1(O)CCCCCCCCCCC1. The smallest absolute Gasteiger partial charge is 0.327 e. The van der Waals surface area contributed by atoms with Crippen LogP contribution in [0, 0.1) is 0 Å². The summed E-state index contributed by atoms with van der Waals surface area (Å²) in [6.07, 6.45) is 37.4. The van der Waals surface area contributed by atoms with Crippen LogP contribution in [0.5, 0.6) is 0 Å². The van der Waals surface area contributed by atoms with E-state index in [1.807, 2.05) is 0 Å². The first-order valence-electron chi connectivity index (χ1n) is 20.7. The van der Waals surface area contributed by atoms with Crippen LogP contribution in [0.25, 0.3) is 0 Å². The molecule has 0 amide bonds. The molecule has 0 unspecified atom stereocenters. The third kappa shape index (κ3) is 42.6. The molecule has 3 aliphatic carbocycles. The number of carbonyl (C=O) groups is 2. The van der Waals surface area contributed by atoms with Gasteiger partial charge in [-0.3, -0.25) is 0 Å². The van der Waals surface area contributed by atoms with E-state index in [0.717, 1.165) is 89.2 Å². The van der Waals surface area contributed by atoms with E-state index in [1.165, 1.54) is 96.3 Å². The minimum atomic E-state index is -1.38. The second kappa shape index (κ2) is 34.9. The van der Waals surface area contributed by atoms with E-state index in [2.05, 4.69) is 13.2 Å². The van der Waals surface area contributed by atoms with Gasteiger partial charge in [0.2, 0.25) is 0 Å². The molecule has 308 valence electrons. The maximum atomic E-state index is 9.61. The summed E-state index contributed by atoms with van der Waals surface area (Å²) in [5, 5.41) is 72.9. The van der Waals surface area contributed by atoms with Crippen molar-refractivity contribution in [2.24, 2.45) is 0 Å². The average molecular weight is 745 g/mol. The Morgan fingerprint density at radius 1 is 0.308 bits per heavy atom. The first-order chi connectivity index (χ1) is 24.7. The first-order valence-corrected chi connectivity index (χ1v) is 20.7. The van der Waals surface area contributed by atoms with Gasteiger partial charge in [0.15, 0.2) is 17.4 Å². The largest absolute Gasteiger partial charge is 0.478 e. The van der Waals surface area contributed by atoms with E-state index >= 15 is 0 Å². The lowest BCUT2D eigenvalue weighted by Crippen LogP contribution is -2.27. The molecule has 0 spiro atoms. The number of carboxylic acid groups (broad SMARTS) is 2. The zero-order valence-corrected chi connectivity index (χ0v) is 32.8. The predicted molar refractivity (Wildman–Crippen MR) is 210 cm³/mol. The molecule has 3 rings (SSSR count). The molecule has 8 N–H and O–H groups in total. The van der Waals surface area contributed by atoms with Gasteiger partial charge in [0, 0.05) is 50.7 Å². The number of hydrogen-bond acceptors (Lipinski definition) is 8. The van der Waals surface area contributed by atoms with Crippen LogP contribution in [0.4, 0.5) is 0 Å². The van der Waals surface area contributed by atoms with Gasteiger partial charge < -0.3 is 40.9 Å². The average Bonchev–Trinajstić information content (AvgIpc) is 3.07.